The second-order valence-electron chi connectivity index (χ2n) is 5.85. The Morgan fingerprint density at radius 2 is 2.12 bits per heavy atom. The highest BCUT2D eigenvalue weighted by Gasteiger charge is 2.24. The van der Waals surface area contributed by atoms with Crippen molar-refractivity contribution < 1.29 is 14.3 Å². The summed E-state index contributed by atoms with van der Waals surface area (Å²) < 4.78 is 10.9. The maximum absolute atomic E-state index is 12.2. The van der Waals surface area contributed by atoms with Crippen LogP contribution in [0.15, 0.2) is 35.7 Å². The van der Waals surface area contributed by atoms with Gasteiger partial charge in [-0.3, -0.25) is 9.69 Å². The van der Waals surface area contributed by atoms with Crippen LogP contribution in [0.5, 0.6) is 5.75 Å². The number of morpholine rings is 1. The maximum atomic E-state index is 12.2. The van der Waals surface area contributed by atoms with Gasteiger partial charge in [-0.1, -0.05) is 29.3 Å². The lowest BCUT2D eigenvalue weighted by atomic mass is 10.2. The van der Waals surface area contributed by atoms with Crippen molar-refractivity contribution in [3.63, 3.8) is 0 Å². The summed E-state index contributed by atoms with van der Waals surface area (Å²) in [5, 5.41) is 5.94. The Bertz CT molecular complexity index is 721. The van der Waals surface area contributed by atoms with Gasteiger partial charge in [-0.15, -0.1) is 11.3 Å². The molecule has 140 valence electrons. The monoisotopic (exact) mass is 414 g/mol. The predicted octanol–water partition coefficient (Wildman–Crippen LogP) is 3.62. The molecule has 1 aromatic carbocycles. The van der Waals surface area contributed by atoms with Crippen LogP contribution >= 0.6 is 34.5 Å². The highest BCUT2D eigenvalue weighted by Crippen LogP contribution is 2.28. The largest absolute Gasteiger partial charge is 0.482 e. The Morgan fingerprint density at radius 3 is 2.85 bits per heavy atom. The van der Waals surface area contributed by atoms with Crippen LogP contribution in [0.4, 0.5) is 0 Å². The fourth-order valence-corrected chi connectivity index (χ4v) is 3.97. The Hall–Kier alpha value is -1.31. The minimum Gasteiger partial charge on any atom is -0.482 e. The van der Waals surface area contributed by atoms with E-state index < -0.39 is 0 Å². The summed E-state index contributed by atoms with van der Waals surface area (Å²) in [7, 11) is 0. The molecule has 1 aliphatic rings. The minimum absolute atomic E-state index is 0.111. The SMILES string of the molecule is O=C(COc1cc(Cl)ccc1Cl)NCC(c1cccs1)N1CCOCC1. The van der Waals surface area contributed by atoms with Crippen LogP contribution in [0.25, 0.3) is 0 Å². The van der Waals surface area contributed by atoms with Crippen molar-refractivity contribution in [1.82, 2.24) is 10.2 Å². The zero-order valence-corrected chi connectivity index (χ0v) is 16.4. The molecule has 1 atom stereocenters. The molecule has 1 aliphatic heterocycles. The van der Waals surface area contributed by atoms with E-state index in [0.717, 1.165) is 13.1 Å². The van der Waals surface area contributed by atoms with E-state index in [1.807, 2.05) is 6.07 Å². The molecule has 26 heavy (non-hydrogen) atoms. The minimum atomic E-state index is -0.198. The van der Waals surface area contributed by atoms with Gasteiger partial charge >= 0.3 is 0 Å². The van der Waals surface area contributed by atoms with Crippen molar-refractivity contribution in [1.29, 1.82) is 0 Å². The number of ether oxygens (including phenoxy) is 2. The van der Waals surface area contributed by atoms with Gasteiger partial charge in [0.15, 0.2) is 6.61 Å². The molecule has 0 spiro atoms. The molecule has 2 heterocycles. The molecule has 0 aliphatic carbocycles. The van der Waals surface area contributed by atoms with Crippen LogP contribution in [0.1, 0.15) is 10.9 Å². The number of thiophene rings is 1. The molecule has 8 heteroatoms. The highest BCUT2D eigenvalue weighted by molar-refractivity contribution is 7.10. The van der Waals surface area contributed by atoms with E-state index >= 15 is 0 Å². The van der Waals surface area contributed by atoms with Gasteiger partial charge in [0.1, 0.15) is 5.75 Å². The van der Waals surface area contributed by atoms with Crippen LogP contribution in [0.2, 0.25) is 10.0 Å². The number of nitrogens with one attached hydrogen (secondary N) is 1. The van der Waals surface area contributed by atoms with Crippen LogP contribution in [-0.4, -0.2) is 50.3 Å². The third-order valence-corrected chi connectivity index (χ3v) is 5.62. The Balaban J connectivity index is 1.54. The molecule has 0 saturated carbocycles. The van der Waals surface area contributed by atoms with Crippen LogP contribution in [0.3, 0.4) is 0 Å². The molecule has 1 fully saturated rings. The maximum Gasteiger partial charge on any atom is 0.258 e. The van der Waals surface area contributed by atoms with Gasteiger partial charge in [-0.05, 0) is 23.6 Å². The van der Waals surface area contributed by atoms with Crippen LogP contribution < -0.4 is 10.1 Å². The van der Waals surface area contributed by atoms with Gasteiger partial charge in [-0.2, -0.15) is 0 Å². The average molecular weight is 415 g/mol. The summed E-state index contributed by atoms with van der Waals surface area (Å²) in [5.74, 6) is 0.202. The van der Waals surface area contributed by atoms with Gasteiger partial charge in [0.25, 0.3) is 5.91 Å². The van der Waals surface area contributed by atoms with Crippen LogP contribution in [-0.2, 0) is 9.53 Å². The zero-order chi connectivity index (χ0) is 18.4. The normalized spacial score (nSPS) is 16.2. The highest BCUT2D eigenvalue weighted by atomic mass is 35.5. The molecule has 3 rings (SSSR count). The van der Waals surface area contributed by atoms with E-state index in [4.69, 9.17) is 32.7 Å². The lowest BCUT2D eigenvalue weighted by Crippen LogP contribution is -2.44. The standard InChI is InChI=1S/C18H20Cl2N2O3S/c19-13-3-4-14(20)16(10-13)25-12-18(23)21-11-15(17-2-1-9-26-17)22-5-7-24-8-6-22/h1-4,9-10,15H,5-8,11-12H2,(H,21,23). The molecule has 1 aromatic heterocycles. The second-order valence-corrected chi connectivity index (χ2v) is 7.67. The topological polar surface area (TPSA) is 50.8 Å². The van der Waals surface area contributed by atoms with Gasteiger partial charge in [0.05, 0.1) is 24.3 Å². The van der Waals surface area contributed by atoms with E-state index in [1.165, 1.54) is 4.88 Å². The summed E-state index contributed by atoms with van der Waals surface area (Å²) in [6.07, 6.45) is 0. The first kappa shape index (κ1) is 19.5. The molecule has 1 N–H and O–H groups in total. The lowest BCUT2D eigenvalue weighted by Gasteiger charge is -2.34. The van der Waals surface area contributed by atoms with Crippen molar-refractivity contribution in [2.45, 2.75) is 6.04 Å². The summed E-state index contributed by atoms with van der Waals surface area (Å²) in [5.41, 5.74) is 0. The van der Waals surface area contributed by atoms with Crippen molar-refractivity contribution in [2.24, 2.45) is 0 Å². The first-order chi connectivity index (χ1) is 12.6. The van der Waals surface area contributed by atoms with Crippen molar-refractivity contribution in [3.8, 4) is 5.75 Å². The first-order valence-electron chi connectivity index (χ1n) is 8.33. The van der Waals surface area contributed by atoms with E-state index in [2.05, 4.69) is 21.7 Å². The third kappa shape index (κ3) is 5.34. The summed E-state index contributed by atoms with van der Waals surface area (Å²) >= 11 is 13.7. The van der Waals surface area contributed by atoms with Crippen molar-refractivity contribution in [2.75, 3.05) is 39.5 Å². The number of nitrogens with zero attached hydrogens (tertiary/aromatic N) is 1. The fourth-order valence-electron chi connectivity index (χ4n) is 2.77. The Kier molecular flexibility index (Phi) is 7.16. The fraction of sp³-hybridized carbons (Fsp3) is 0.389. The van der Waals surface area contributed by atoms with E-state index in [9.17, 15) is 4.79 Å². The second kappa shape index (κ2) is 9.58. The number of hydrogen-bond acceptors (Lipinski definition) is 5. The molecular formula is C18H20Cl2N2O3S. The third-order valence-electron chi connectivity index (χ3n) is 4.10. The van der Waals surface area contributed by atoms with Gasteiger partial charge in [-0.25, -0.2) is 0 Å². The number of amides is 1. The predicted molar refractivity (Wildman–Crippen MR) is 104 cm³/mol. The van der Waals surface area contributed by atoms with Gasteiger partial charge in [0, 0.05) is 35.6 Å². The number of carbonyl (C=O) groups is 1. The number of halogens is 2. The van der Waals surface area contributed by atoms with Crippen molar-refractivity contribution >= 4 is 40.4 Å². The molecule has 1 saturated heterocycles. The number of rotatable bonds is 7. The van der Waals surface area contributed by atoms with E-state index in [1.54, 1.807) is 29.5 Å². The molecule has 5 nitrogen and oxygen atoms in total. The molecule has 0 bridgehead atoms. The van der Waals surface area contributed by atoms with E-state index in [0.29, 0.717) is 35.6 Å². The number of benzene rings is 1. The smallest absolute Gasteiger partial charge is 0.258 e. The summed E-state index contributed by atoms with van der Waals surface area (Å²) in [4.78, 5) is 15.8. The molecular weight excluding hydrogens is 395 g/mol. The van der Waals surface area contributed by atoms with E-state index in [-0.39, 0.29) is 18.6 Å². The van der Waals surface area contributed by atoms with Crippen molar-refractivity contribution in [3.05, 3.63) is 50.6 Å². The molecule has 1 unspecified atom stereocenters. The quantitative estimate of drug-likeness (QED) is 0.751. The average Bonchev–Trinajstić information content (AvgIpc) is 3.18. The summed E-state index contributed by atoms with van der Waals surface area (Å²) in [6, 6.07) is 9.17. The number of carbonyl (C=O) groups excluding carboxylic acids is 1. The molecule has 2 aromatic rings. The number of hydrogen-bond donors (Lipinski definition) is 1. The molecule has 0 radical (unpaired) electrons. The first-order valence-corrected chi connectivity index (χ1v) is 9.97. The Labute approximate surface area is 166 Å². The summed E-state index contributed by atoms with van der Waals surface area (Å²) in [6.45, 7) is 3.55. The zero-order valence-electron chi connectivity index (χ0n) is 14.1. The van der Waals surface area contributed by atoms with Crippen LogP contribution in [0, 0.1) is 0 Å². The lowest BCUT2D eigenvalue weighted by molar-refractivity contribution is -0.123. The van der Waals surface area contributed by atoms with Gasteiger partial charge < -0.3 is 14.8 Å². The Morgan fingerprint density at radius 1 is 1.31 bits per heavy atom. The molecule has 1 amide bonds. The van der Waals surface area contributed by atoms with Gasteiger partial charge in [0.2, 0.25) is 0 Å².